The molecule has 1 aliphatic rings. The highest BCUT2D eigenvalue weighted by atomic mass is 16.5. The standard InChI is InChI=1S/C10H19NO3/c1-11(10(12)8-13-2)5-6-14-7-9-3-4-9/h9H,3-8H2,1-2H3. The summed E-state index contributed by atoms with van der Waals surface area (Å²) in [6.07, 6.45) is 2.61. The van der Waals surface area contributed by atoms with Gasteiger partial charge >= 0.3 is 0 Å². The van der Waals surface area contributed by atoms with Crippen molar-refractivity contribution in [2.24, 2.45) is 5.92 Å². The van der Waals surface area contributed by atoms with Gasteiger partial charge in [0.1, 0.15) is 6.61 Å². The molecule has 0 atom stereocenters. The van der Waals surface area contributed by atoms with E-state index in [4.69, 9.17) is 9.47 Å². The molecule has 0 heterocycles. The van der Waals surface area contributed by atoms with E-state index in [-0.39, 0.29) is 12.5 Å². The lowest BCUT2D eigenvalue weighted by Crippen LogP contribution is -2.32. The van der Waals surface area contributed by atoms with Gasteiger partial charge in [0.05, 0.1) is 6.61 Å². The lowest BCUT2D eigenvalue weighted by molar-refractivity contribution is -0.134. The van der Waals surface area contributed by atoms with Crippen molar-refractivity contribution in [1.82, 2.24) is 4.90 Å². The topological polar surface area (TPSA) is 38.8 Å². The predicted molar refractivity (Wildman–Crippen MR) is 53.1 cm³/mol. The van der Waals surface area contributed by atoms with Crippen molar-refractivity contribution >= 4 is 5.91 Å². The molecule has 0 bridgehead atoms. The summed E-state index contributed by atoms with van der Waals surface area (Å²) < 4.78 is 10.2. The fourth-order valence-corrected chi connectivity index (χ4v) is 1.09. The monoisotopic (exact) mass is 201 g/mol. The first-order valence-electron chi connectivity index (χ1n) is 5.04. The van der Waals surface area contributed by atoms with Crippen LogP contribution in [0.3, 0.4) is 0 Å². The molecule has 1 aliphatic carbocycles. The van der Waals surface area contributed by atoms with Crippen LogP contribution in [0.1, 0.15) is 12.8 Å². The maximum atomic E-state index is 11.2. The van der Waals surface area contributed by atoms with Gasteiger partial charge in [0.25, 0.3) is 0 Å². The summed E-state index contributed by atoms with van der Waals surface area (Å²) in [7, 11) is 3.29. The molecule has 4 heteroatoms. The van der Waals surface area contributed by atoms with Crippen LogP contribution in [0.4, 0.5) is 0 Å². The van der Waals surface area contributed by atoms with Gasteiger partial charge in [-0.15, -0.1) is 0 Å². The summed E-state index contributed by atoms with van der Waals surface area (Å²) in [6, 6.07) is 0. The number of ether oxygens (including phenoxy) is 2. The van der Waals surface area contributed by atoms with Gasteiger partial charge in [0, 0.05) is 27.3 Å². The summed E-state index contributed by atoms with van der Waals surface area (Å²) in [4.78, 5) is 12.9. The Labute approximate surface area is 85.2 Å². The first-order valence-corrected chi connectivity index (χ1v) is 5.04. The molecular weight excluding hydrogens is 182 g/mol. The van der Waals surface area contributed by atoms with Crippen molar-refractivity contribution in [2.75, 3.05) is 40.5 Å². The molecule has 0 aliphatic heterocycles. The number of carbonyl (C=O) groups excluding carboxylic acids is 1. The highest BCUT2D eigenvalue weighted by molar-refractivity contribution is 5.77. The Hall–Kier alpha value is -0.610. The van der Waals surface area contributed by atoms with Crippen LogP contribution in [0.15, 0.2) is 0 Å². The lowest BCUT2D eigenvalue weighted by Gasteiger charge is -2.16. The number of hydrogen-bond donors (Lipinski definition) is 0. The Bertz CT molecular complexity index is 180. The first-order chi connectivity index (χ1) is 6.74. The molecule has 0 spiro atoms. The van der Waals surface area contributed by atoms with E-state index in [1.54, 1.807) is 11.9 Å². The van der Waals surface area contributed by atoms with Crippen molar-refractivity contribution < 1.29 is 14.3 Å². The average molecular weight is 201 g/mol. The van der Waals surface area contributed by atoms with Crippen molar-refractivity contribution in [3.63, 3.8) is 0 Å². The average Bonchev–Trinajstić information content (AvgIpc) is 2.96. The zero-order valence-corrected chi connectivity index (χ0v) is 8.99. The zero-order chi connectivity index (χ0) is 10.4. The molecule has 4 nitrogen and oxygen atoms in total. The number of rotatable bonds is 7. The van der Waals surface area contributed by atoms with Crippen LogP contribution in [0.2, 0.25) is 0 Å². The van der Waals surface area contributed by atoms with Crippen LogP contribution in [-0.4, -0.2) is 51.3 Å². The van der Waals surface area contributed by atoms with Crippen LogP contribution in [0, 0.1) is 5.92 Å². The van der Waals surface area contributed by atoms with E-state index in [1.165, 1.54) is 20.0 Å². The van der Waals surface area contributed by atoms with Crippen molar-refractivity contribution in [1.29, 1.82) is 0 Å². The number of carbonyl (C=O) groups is 1. The number of hydrogen-bond acceptors (Lipinski definition) is 3. The van der Waals surface area contributed by atoms with Crippen LogP contribution >= 0.6 is 0 Å². The van der Waals surface area contributed by atoms with Crippen LogP contribution in [-0.2, 0) is 14.3 Å². The molecular formula is C10H19NO3. The van der Waals surface area contributed by atoms with Crippen molar-refractivity contribution in [3.05, 3.63) is 0 Å². The Morgan fingerprint density at radius 2 is 2.21 bits per heavy atom. The molecule has 0 aromatic rings. The number of methoxy groups -OCH3 is 1. The summed E-state index contributed by atoms with van der Waals surface area (Å²) in [5.41, 5.74) is 0. The maximum absolute atomic E-state index is 11.2. The SMILES string of the molecule is COCC(=O)N(C)CCOCC1CC1. The fourth-order valence-electron chi connectivity index (χ4n) is 1.09. The van der Waals surface area contributed by atoms with E-state index in [2.05, 4.69) is 0 Å². The second kappa shape index (κ2) is 5.98. The number of amides is 1. The second-order valence-corrected chi connectivity index (χ2v) is 3.77. The van der Waals surface area contributed by atoms with Gasteiger partial charge in [0.15, 0.2) is 0 Å². The minimum absolute atomic E-state index is 0.00234. The third kappa shape index (κ3) is 4.58. The largest absolute Gasteiger partial charge is 0.379 e. The Morgan fingerprint density at radius 1 is 1.50 bits per heavy atom. The van der Waals surface area contributed by atoms with Gasteiger partial charge in [-0.1, -0.05) is 0 Å². The molecule has 0 saturated heterocycles. The summed E-state index contributed by atoms with van der Waals surface area (Å²) in [5, 5.41) is 0. The summed E-state index contributed by atoms with van der Waals surface area (Å²) in [6.45, 7) is 2.28. The van der Waals surface area contributed by atoms with Gasteiger partial charge in [-0.05, 0) is 18.8 Å². The van der Waals surface area contributed by atoms with Crippen molar-refractivity contribution in [3.8, 4) is 0 Å². The van der Waals surface area contributed by atoms with Gasteiger partial charge in [-0.25, -0.2) is 0 Å². The molecule has 1 fully saturated rings. The molecule has 0 radical (unpaired) electrons. The minimum Gasteiger partial charge on any atom is -0.379 e. The first kappa shape index (κ1) is 11.5. The molecule has 1 amide bonds. The highest BCUT2D eigenvalue weighted by Gasteiger charge is 2.21. The van der Waals surface area contributed by atoms with E-state index in [0.717, 1.165) is 12.5 Å². The molecule has 1 saturated carbocycles. The Morgan fingerprint density at radius 3 is 2.79 bits per heavy atom. The molecule has 0 unspecified atom stereocenters. The van der Waals surface area contributed by atoms with Gasteiger partial charge in [-0.3, -0.25) is 4.79 Å². The molecule has 0 aromatic heterocycles. The van der Waals surface area contributed by atoms with E-state index in [9.17, 15) is 4.79 Å². The van der Waals surface area contributed by atoms with E-state index in [0.29, 0.717) is 13.2 Å². The summed E-state index contributed by atoms with van der Waals surface area (Å²) in [5.74, 6) is 0.789. The number of nitrogens with zero attached hydrogens (tertiary/aromatic N) is 1. The fraction of sp³-hybridized carbons (Fsp3) is 0.900. The zero-order valence-electron chi connectivity index (χ0n) is 8.99. The molecule has 14 heavy (non-hydrogen) atoms. The third-order valence-corrected chi connectivity index (χ3v) is 2.32. The predicted octanol–water partition coefficient (Wildman–Crippen LogP) is 0.518. The quantitative estimate of drug-likeness (QED) is 0.564. The molecule has 0 aromatic carbocycles. The van der Waals surface area contributed by atoms with Crippen LogP contribution < -0.4 is 0 Å². The van der Waals surface area contributed by atoms with E-state index in [1.807, 2.05) is 0 Å². The van der Waals surface area contributed by atoms with Gasteiger partial charge < -0.3 is 14.4 Å². The van der Waals surface area contributed by atoms with Crippen LogP contribution in [0.25, 0.3) is 0 Å². The van der Waals surface area contributed by atoms with Gasteiger partial charge in [-0.2, -0.15) is 0 Å². The minimum atomic E-state index is 0.00234. The second-order valence-electron chi connectivity index (χ2n) is 3.77. The molecule has 1 rings (SSSR count). The van der Waals surface area contributed by atoms with Crippen molar-refractivity contribution in [2.45, 2.75) is 12.8 Å². The summed E-state index contributed by atoms with van der Waals surface area (Å²) >= 11 is 0. The van der Waals surface area contributed by atoms with E-state index < -0.39 is 0 Å². The third-order valence-electron chi connectivity index (χ3n) is 2.32. The molecule has 82 valence electrons. The smallest absolute Gasteiger partial charge is 0.248 e. The van der Waals surface area contributed by atoms with E-state index >= 15 is 0 Å². The number of likely N-dealkylation sites (N-methyl/N-ethyl adjacent to an activating group) is 1. The maximum Gasteiger partial charge on any atom is 0.248 e. The Balaban J connectivity index is 1.95. The van der Waals surface area contributed by atoms with Gasteiger partial charge in [0.2, 0.25) is 5.91 Å². The Kier molecular flexibility index (Phi) is 4.90. The normalized spacial score (nSPS) is 15.6. The molecule has 0 N–H and O–H groups in total. The van der Waals surface area contributed by atoms with Crippen LogP contribution in [0.5, 0.6) is 0 Å². The highest BCUT2D eigenvalue weighted by Crippen LogP contribution is 2.28. The lowest BCUT2D eigenvalue weighted by atomic mass is 10.4.